The minimum absolute atomic E-state index is 0.264. The maximum absolute atomic E-state index is 12.2. The van der Waals surface area contributed by atoms with E-state index in [9.17, 15) is 9.59 Å². The molecule has 0 bridgehead atoms. The standard InChI is InChI=1S/C20H26N2O4/c23-18(14-16-6-7-16)21-10-8-20(9-11-21)15-22(19(24)26-20)12-13-25-17-4-2-1-3-5-17/h1-5,16H,6-15H2. The van der Waals surface area contributed by atoms with Crippen molar-refractivity contribution in [3.8, 4) is 5.75 Å². The van der Waals surface area contributed by atoms with Crippen LogP contribution in [0.1, 0.15) is 32.1 Å². The van der Waals surface area contributed by atoms with E-state index in [-0.39, 0.29) is 12.0 Å². The van der Waals surface area contributed by atoms with Gasteiger partial charge in [0.2, 0.25) is 5.91 Å². The Morgan fingerprint density at radius 1 is 1.19 bits per heavy atom. The second-order valence-electron chi connectivity index (χ2n) is 7.66. The van der Waals surface area contributed by atoms with E-state index in [1.165, 1.54) is 12.8 Å². The second kappa shape index (κ2) is 7.17. The summed E-state index contributed by atoms with van der Waals surface area (Å²) in [6, 6.07) is 9.59. The van der Waals surface area contributed by atoms with Crippen molar-refractivity contribution >= 4 is 12.0 Å². The van der Waals surface area contributed by atoms with Crippen molar-refractivity contribution in [1.82, 2.24) is 9.80 Å². The van der Waals surface area contributed by atoms with Crippen LogP contribution in [0.5, 0.6) is 5.75 Å². The molecule has 0 atom stereocenters. The SMILES string of the molecule is O=C(CC1CC1)N1CCC2(CC1)CN(CCOc1ccccc1)C(=O)O2. The normalized spacial score (nSPS) is 21.8. The van der Waals surface area contributed by atoms with E-state index in [1.807, 2.05) is 35.2 Å². The molecule has 0 radical (unpaired) electrons. The Hall–Kier alpha value is -2.24. The quantitative estimate of drug-likeness (QED) is 0.784. The molecule has 1 aromatic rings. The molecule has 1 spiro atoms. The van der Waals surface area contributed by atoms with Crippen LogP contribution in [0.3, 0.4) is 0 Å². The minimum atomic E-state index is -0.430. The van der Waals surface area contributed by atoms with Crippen LogP contribution in [0.4, 0.5) is 4.79 Å². The van der Waals surface area contributed by atoms with Crippen molar-refractivity contribution in [3.63, 3.8) is 0 Å². The summed E-state index contributed by atoms with van der Waals surface area (Å²) in [5.74, 6) is 1.68. The van der Waals surface area contributed by atoms with E-state index in [2.05, 4.69) is 0 Å². The lowest BCUT2D eigenvalue weighted by Gasteiger charge is -2.37. The number of likely N-dealkylation sites (tertiary alicyclic amines) is 1. The molecule has 26 heavy (non-hydrogen) atoms. The number of nitrogens with zero attached hydrogens (tertiary/aromatic N) is 2. The summed E-state index contributed by atoms with van der Waals surface area (Å²) in [6.07, 6.45) is 4.27. The molecule has 1 aromatic carbocycles. The van der Waals surface area contributed by atoms with E-state index in [0.29, 0.717) is 45.1 Å². The van der Waals surface area contributed by atoms with Gasteiger partial charge in [-0.25, -0.2) is 4.79 Å². The predicted molar refractivity (Wildman–Crippen MR) is 95.9 cm³/mol. The number of carbonyl (C=O) groups excluding carboxylic acids is 2. The van der Waals surface area contributed by atoms with E-state index in [0.717, 1.165) is 18.6 Å². The summed E-state index contributed by atoms with van der Waals surface area (Å²) in [5.41, 5.74) is -0.430. The zero-order valence-electron chi connectivity index (χ0n) is 15.1. The van der Waals surface area contributed by atoms with Gasteiger partial charge in [-0.15, -0.1) is 0 Å². The monoisotopic (exact) mass is 358 g/mol. The molecule has 3 fully saturated rings. The van der Waals surface area contributed by atoms with Gasteiger partial charge in [-0.05, 0) is 30.9 Å². The Morgan fingerprint density at radius 3 is 2.62 bits per heavy atom. The molecular weight excluding hydrogens is 332 g/mol. The van der Waals surface area contributed by atoms with Crippen molar-refractivity contribution in [2.75, 3.05) is 32.8 Å². The summed E-state index contributed by atoms with van der Waals surface area (Å²) < 4.78 is 11.4. The van der Waals surface area contributed by atoms with Crippen LogP contribution in [-0.4, -0.2) is 60.2 Å². The number of rotatable bonds is 6. The largest absolute Gasteiger partial charge is 0.492 e. The molecular formula is C20H26N2O4. The Labute approximate surface area is 154 Å². The summed E-state index contributed by atoms with van der Waals surface area (Å²) in [6.45, 7) is 2.93. The number of hydrogen-bond acceptors (Lipinski definition) is 4. The van der Waals surface area contributed by atoms with Gasteiger partial charge >= 0.3 is 6.09 Å². The van der Waals surface area contributed by atoms with E-state index in [4.69, 9.17) is 9.47 Å². The van der Waals surface area contributed by atoms with Gasteiger partial charge in [-0.1, -0.05) is 18.2 Å². The second-order valence-corrected chi connectivity index (χ2v) is 7.66. The van der Waals surface area contributed by atoms with E-state index in [1.54, 1.807) is 4.90 Å². The Bertz CT molecular complexity index is 651. The summed E-state index contributed by atoms with van der Waals surface area (Å²) in [7, 11) is 0. The summed E-state index contributed by atoms with van der Waals surface area (Å²) in [5, 5.41) is 0. The molecule has 3 aliphatic rings. The zero-order valence-corrected chi connectivity index (χ0v) is 15.1. The van der Waals surface area contributed by atoms with Gasteiger partial charge in [0.25, 0.3) is 0 Å². The molecule has 1 saturated carbocycles. The first-order valence-electron chi connectivity index (χ1n) is 9.57. The molecule has 6 nitrogen and oxygen atoms in total. The smallest absolute Gasteiger partial charge is 0.410 e. The molecule has 2 aliphatic heterocycles. The van der Waals surface area contributed by atoms with Crippen molar-refractivity contribution in [2.24, 2.45) is 5.92 Å². The number of ether oxygens (including phenoxy) is 2. The molecule has 0 aromatic heterocycles. The first-order valence-corrected chi connectivity index (χ1v) is 9.57. The molecule has 140 valence electrons. The molecule has 0 N–H and O–H groups in total. The summed E-state index contributed by atoms with van der Waals surface area (Å²) in [4.78, 5) is 28.1. The van der Waals surface area contributed by atoms with Gasteiger partial charge < -0.3 is 19.3 Å². The van der Waals surface area contributed by atoms with Gasteiger partial charge in [0.1, 0.15) is 18.0 Å². The first kappa shape index (κ1) is 17.2. The van der Waals surface area contributed by atoms with Crippen LogP contribution in [0.15, 0.2) is 30.3 Å². The van der Waals surface area contributed by atoms with Crippen molar-refractivity contribution < 1.29 is 19.1 Å². The topological polar surface area (TPSA) is 59.1 Å². The van der Waals surface area contributed by atoms with Crippen molar-refractivity contribution in [3.05, 3.63) is 30.3 Å². The number of benzene rings is 1. The van der Waals surface area contributed by atoms with Crippen LogP contribution >= 0.6 is 0 Å². The molecule has 2 saturated heterocycles. The lowest BCUT2D eigenvalue weighted by Crippen LogP contribution is -2.49. The Kier molecular flexibility index (Phi) is 4.74. The lowest BCUT2D eigenvalue weighted by molar-refractivity contribution is -0.134. The van der Waals surface area contributed by atoms with Crippen LogP contribution < -0.4 is 4.74 Å². The molecule has 2 heterocycles. The van der Waals surface area contributed by atoms with E-state index >= 15 is 0 Å². The minimum Gasteiger partial charge on any atom is -0.492 e. The Morgan fingerprint density at radius 2 is 1.92 bits per heavy atom. The van der Waals surface area contributed by atoms with Gasteiger partial charge in [0.05, 0.1) is 13.1 Å². The molecule has 2 amide bonds. The third-order valence-electron chi connectivity index (χ3n) is 5.60. The first-order chi connectivity index (χ1) is 12.6. The molecule has 0 unspecified atom stereocenters. The number of piperidine rings is 1. The number of carbonyl (C=O) groups is 2. The fraction of sp³-hybridized carbons (Fsp3) is 0.600. The van der Waals surface area contributed by atoms with Crippen LogP contribution in [-0.2, 0) is 9.53 Å². The van der Waals surface area contributed by atoms with E-state index < -0.39 is 5.60 Å². The highest BCUT2D eigenvalue weighted by molar-refractivity contribution is 5.77. The van der Waals surface area contributed by atoms with Crippen LogP contribution in [0.25, 0.3) is 0 Å². The van der Waals surface area contributed by atoms with Gasteiger partial charge in [0.15, 0.2) is 0 Å². The zero-order chi connectivity index (χ0) is 18.0. The van der Waals surface area contributed by atoms with Gasteiger partial charge in [-0.2, -0.15) is 0 Å². The average Bonchev–Trinajstić information content (AvgIpc) is 3.41. The lowest BCUT2D eigenvalue weighted by atomic mass is 9.91. The summed E-state index contributed by atoms with van der Waals surface area (Å²) >= 11 is 0. The number of para-hydroxylation sites is 1. The van der Waals surface area contributed by atoms with Crippen LogP contribution in [0, 0.1) is 5.92 Å². The molecule has 6 heteroatoms. The maximum atomic E-state index is 12.2. The highest BCUT2D eigenvalue weighted by Gasteiger charge is 2.47. The highest BCUT2D eigenvalue weighted by atomic mass is 16.6. The Balaban J connectivity index is 1.24. The van der Waals surface area contributed by atoms with Gasteiger partial charge in [-0.3, -0.25) is 4.79 Å². The third-order valence-corrected chi connectivity index (χ3v) is 5.60. The number of amides is 2. The predicted octanol–water partition coefficient (Wildman–Crippen LogP) is 2.68. The van der Waals surface area contributed by atoms with Crippen molar-refractivity contribution in [2.45, 2.75) is 37.7 Å². The fourth-order valence-electron chi connectivity index (χ4n) is 3.78. The van der Waals surface area contributed by atoms with Gasteiger partial charge in [0, 0.05) is 32.4 Å². The van der Waals surface area contributed by atoms with Crippen LogP contribution in [0.2, 0.25) is 0 Å². The highest BCUT2D eigenvalue weighted by Crippen LogP contribution is 2.36. The fourth-order valence-corrected chi connectivity index (χ4v) is 3.78. The number of hydrogen-bond donors (Lipinski definition) is 0. The average molecular weight is 358 g/mol. The third kappa shape index (κ3) is 3.94. The molecule has 1 aliphatic carbocycles. The van der Waals surface area contributed by atoms with Crippen molar-refractivity contribution in [1.29, 1.82) is 0 Å². The maximum Gasteiger partial charge on any atom is 0.410 e. The molecule has 4 rings (SSSR count).